The maximum atomic E-state index is 10.7. The second-order valence-corrected chi connectivity index (χ2v) is 3.21. The molecule has 0 spiro atoms. The number of carboxylic acid groups (broad SMARTS) is 1. The molecular weight excluding hydrogens is 176 g/mol. The van der Waals surface area contributed by atoms with Gasteiger partial charge in [0, 0.05) is 0 Å². The van der Waals surface area contributed by atoms with Gasteiger partial charge in [-0.1, -0.05) is 30.4 Å². The fraction of sp³-hybridized carbons (Fsp3) is 0.0833. The number of hydrogen-bond donors (Lipinski definition) is 1. The van der Waals surface area contributed by atoms with Gasteiger partial charge in [-0.25, -0.2) is 4.79 Å². The second kappa shape index (κ2) is 3.50. The number of fused-ring (bicyclic) bond motifs is 1. The van der Waals surface area contributed by atoms with Crippen LogP contribution in [0, 0.1) is 0 Å². The maximum absolute atomic E-state index is 10.7. The summed E-state index contributed by atoms with van der Waals surface area (Å²) in [6, 6.07) is 5.22. The molecule has 0 aliphatic heterocycles. The van der Waals surface area contributed by atoms with Crippen molar-refractivity contribution in [1.29, 1.82) is 0 Å². The number of aromatic carboxylic acids is 1. The van der Waals surface area contributed by atoms with Crippen molar-refractivity contribution in [3.63, 3.8) is 0 Å². The number of carboxylic acids is 1. The molecule has 1 aromatic rings. The molecule has 70 valence electrons. The van der Waals surface area contributed by atoms with Crippen molar-refractivity contribution in [3.8, 4) is 0 Å². The zero-order chi connectivity index (χ0) is 9.97. The predicted molar refractivity (Wildman–Crippen MR) is 55.3 cm³/mol. The number of rotatable bonds is 1. The summed E-state index contributed by atoms with van der Waals surface area (Å²) >= 11 is 0. The fourth-order valence-electron chi connectivity index (χ4n) is 1.51. The average molecular weight is 186 g/mol. The number of benzene rings is 1. The standard InChI is InChI=1S/C12H10O2/c13-12(14)11-7-6-9-4-2-1-3-5-10(9)8-11/h1-4,6-8H,5H2,(H,13,14). The third-order valence-electron chi connectivity index (χ3n) is 2.25. The number of carbonyl (C=O) groups is 1. The summed E-state index contributed by atoms with van der Waals surface area (Å²) in [6.07, 6.45) is 8.74. The van der Waals surface area contributed by atoms with E-state index < -0.39 is 5.97 Å². The first-order chi connectivity index (χ1) is 6.77. The van der Waals surface area contributed by atoms with Crippen molar-refractivity contribution in [2.24, 2.45) is 0 Å². The number of allylic oxidation sites excluding steroid dienone is 3. The van der Waals surface area contributed by atoms with E-state index in [1.165, 1.54) is 0 Å². The molecule has 0 saturated carbocycles. The smallest absolute Gasteiger partial charge is 0.335 e. The van der Waals surface area contributed by atoms with E-state index in [1.54, 1.807) is 12.1 Å². The summed E-state index contributed by atoms with van der Waals surface area (Å²) in [7, 11) is 0. The highest BCUT2D eigenvalue weighted by Crippen LogP contribution is 2.17. The van der Waals surface area contributed by atoms with Gasteiger partial charge in [-0.15, -0.1) is 0 Å². The molecule has 1 aliphatic carbocycles. The predicted octanol–water partition coefficient (Wildman–Crippen LogP) is 2.51. The Labute approximate surface area is 82.2 Å². The first-order valence-corrected chi connectivity index (χ1v) is 4.47. The summed E-state index contributed by atoms with van der Waals surface area (Å²) in [4.78, 5) is 10.7. The van der Waals surface area contributed by atoms with Crippen molar-refractivity contribution in [3.05, 3.63) is 53.1 Å². The van der Waals surface area contributed by atoms with E-state index in [2.05, 4.69) is 0 Å². The van der Waals surface area contributed by atoms with E-state index in [4.69, 9.17) is 5.11 Å². The van der Waals surface area contributed by atoms with Crippen LogP contribution in [0.5, 0.6) is 0 Å². The first kappa shape index (κ1) is 8.75. The lowest BCUT2D eigenvalue weighted by Crippen LogP contribution is -1.98. The van der Waals surface area contributed by atoms with Crippen LogP contribution in [0.1, 0.15) is 21.5 Å². The Balaban J connectivity index is 2.49. The molecule has 0 radical (unpaired) electrons. The summed E-state index contributed by atoms with van der Waals surface area (Å²) in [5.41, 5.74) is 2.52. The maximum Gasteiger partial charge on any atom is 0.335 e. The minimum Gasteiger partial charge on any atom is -0.478 e. The highest BCUT2D eigenvalue weighted by atomic mass is 16.4. The first-order valence-electron chi connectivity index (χ1n) is 4.47. The lowest BCUT2D eigenvalue weighted by Gasteiger charge is -2.03. The van der Waals surface area contributed by atoms with Crippen molar-refractivity contribution in [2.75, 3.05) is 0 Å². The van der Waals surface area contributed by atoms with Gasteiger partial charge in [0.05, 0.1) is 5.56 Å². The quantitative estimate of drug-likeness (QED) is 0.731. The monoisotopic (exact) mass is 186 g/mol. The van der Waals surface area contributed by atoms with Crippen molar-refractivity contribution in [2.45, 2.75) is 6.42 Å². The molecule has 0 atom stereocenters. The molecule has 2 nitrogen and oxygen atoms in total. The van der Waals surface area contributed by atoms with Crippen LogP contribution >= 0.6 is 0 Å². The molecule has 0 saturated heterocycles. The van der Waals surface area contributed by atoms with Gasteiger partial charge in [-0.3, -0.25) is 0 Å². The fourth-order valence-corrected chi connectivity index (χ4v) is 1.51. The molecule has 1 aromatic carbocycles. The molecule has 0 unspecified atom stereocenters. The van der Waals surface area contributed by atoms with Crippen LogP contribution in [0.2, 0.25) is 0 Å². The van der Waals surface area contributed by atoms with E-state index in [0.29, 0.717) is 5.56 Å². The Morgan fingerprint density at radius 1 is 1.29 bits per heavy atom. The molecule has 0 amide bonds. The van der Waals surface area contributed by atoms with Crippen LogP contribution in [-0.4, -0.2) is 11.1 Å². The third kappa shape index (κ3) is 1.59. The van der Waals surface area contributed by atoms with Crippen LogP contribution in [0.15, 0.2) is 36.4 Å². The second-order valence-electron chi connectivity index (χ2n) is 3.21. The summed E-state index contributed by atoms with van der Waals surface area (Å²) in [5.74, 6) is -0.870. The molecule has 2 rings (SSSR count). The zero-order valence-corrected chi connectivity index (χ0v) is 7.60. The van der Waals surface area contributed by atoms with E-state index >= 15 is 0 Å². The van der Waals surface area contributed by atoms with E-state index in [0.717, 1.165) is 17.5 Å². The highest BCUT2D eigenvalue weighted by Gasteiger charge is 2.06. The minimum atomic E-state index is -0.870. The molecule has 1 N–H and O–H groups in total. The van der Waals surface area contributed by atoms with Crippen LogP contribution in [0.3, 0.4) is 0 Å². The molecule has 0 bridgehead atoms. The van der Waals surface area contributed by atoms with Crippen LogP contribution in [-0.2, 0) is 6.42 Å². The molecular formula is C12H10O2. The largest absolute Gasteiger partial charge is 0.478 e. The lowest BCUT2D eigenvalue weighted by molar-refractivity contribution is 0.0697. The van der Waals surface area contributed by atoms with Crippen LogP contribution in [0.4, 0.5) is 0 Å². The SMILES string of the molecule is O=C(O)c1ccc2c(c1)CC=CC=C2. The van der Waals surface area contributed by atoms with E-state index in [1.807, 2.05) is 30.4 Å². The van der Waals surface area contributed by atoms with Gasteiger partial charge in [0.2, 0.25) is 0 Å². The summed E-state index contributed by atoms with van der Waals surface area (Å²) in [5, 5.41) is 8.82. The van der Waals surface area contributed by atoms with Gasteiger partial charge in [0.1, 0.15) is 0 Å². The molecule has 1 aliphatic rings. The molecule has 0 fully saturated rings. The van der Waals surface area contributed by atoms with Gasteiger partial charge >= 0.3 is 5.97 Å². The summed E-state index contributed by atoms with van der Waals surface area (Å²) in [6.45, 7) is 0. The molecule has 14 heavy (non-hydrogen) atoms. The van der Waals surface area contributed by atoms with E-state index in [9.17, 15) is 4.79 Å². The van der Waals surface area contributed by atoms with Gasteiger partial charge in [-0.05, 0) is 29.7 Å². The topological polar surface area (TPSA) is 37.3 Å². The van der Waals surface area contributed by atoms with Crippen LogP contribution in [0.25, 0.3) is 6.08 Å². The zero-order valence-electron chi connectivity index (χ0n) is 7.60. The summed E-state index contributed by atoms with van der Waals surface area (Å²) < 4.78 is 0. The van der Waals surface area contributed by atoms with Gasteiger partial charge in [0.15, 0.2) is 0 Å². The average Bonchev–Trinajstić information content (AvgIpc) is 2.41. The Morgan fingerprint density at radius 2 is 2.14 bits per heavy atom. The molecule has 0 aromatic heterocycles. The Bertz CT molecular complexity index is 428. The minimum absolute atomic E-state index is 0.354. The molecule has 2 heteroatoms. The normalized spacial score (nSPS) is 13.4. The number of hydrogen-bond acceptors (Lipinski definition) is 1. The Morgan fingerprint density at radius 3 is 2.93 bits per heavy atom. The van der Waals surface area contributed by atoms with Crippen LogP contribution < -0.4 is 0 Å². The third-order valence-corrected chi connectivity index (χ3v) is 2.25. The Hall–Kier alpha value is -1.83. The van der Waals surface area contributed by atoms with Crippen molar-refractivity contribution < 1.29 is 9.90 Å². The van der Waals surface area contributed by atoms with Gasteiger partial charge in [0.25, 0.3) is 0 Å². The van der Waals surface area contributed by atoms with Gasteiger partial charge < -0.3 is 5.11 Å². The van der Waals surface area contributed by atoms with Crippen molar-refractivity contribution >= 4 is 12.0 Å². The highest BCUT2D eigenvalue weighted by molar-refractivity contribution is 5.88. The lowest BCUT2D eigenvalue weighted by atomic mass is 10.0. The van der Waals surface area contributed by atoms with E-state index in [-0.39, 0.29) is 0 Å². The molecule has 0 heterocycles. The van der Waals surface area contributed by atoms with Crippen molar-refractivity contribution in [1.82, 2.24) is 0 Å². The Kier molecular flexibility index (Phi) is 2.19. The van der Waals surface area contributed by atoms with Gasteiger partial charge in [-0.2, -0.15) is 0 Å².